The third-order valence-electron chi connectivity index (χ3n) is 10.8. The summed E-state index contributed by atoms with van der Waals surface area (Å²) in [6.07, 6.45) is 0. The second-order valence-corrected chi connectivity index (χ2v) is 14.2. The zero-order valence-corrected chi connectivity index (χ0v) is 30.8. The molecule has 1 aromatic heterocycles. The summed E-state index contributed by atoms with van der Waals surface area (Å²) in [6, 6.07) is 83.0. The third-order valence-corrected chi connectivity index (χ3v) is 10.8. The van der Waals surface area contributed by atoms with Crippen LogP contribution in [0.5, 0.6) is 0 Å². The van der Waals surface area contributed by atoms with Gasteiger partial charge in [0.25, 0.3) is 0 Å². The summed E-state index contributed by atoms with van der Waals surface area (Å²) in [5.74, 6) is 0. The fourth-order valence-corrected chi connectivity index (χ4v) is 8.00. The Labute approximate surface area is 327 Å². The zero-order chi connectivity index (χ0) is 37.3. The smallest absolute Gasteiger partial charge is 0.0547 e. The van der Waals surface area contributed by atoms with Crippen LogP contribution in [0.1, 0.15) is 0 Å². The Morgan fingerprint density at radius 3 is 1.25 bits per heavy atom. The number of aromatic nitrogens is 1. The van der Waals surface area contributed by atoms with Crippen LogP contribution in [0.15, 0.2) is 231 Å². The maximum absolute atomic E-state index is 2.38. The van der Waals surface area contributed by atoms with Crippen molar-refractivity contribution in [2.45, 2.75) is 0 Å². The highest BCUT2D eigenvalue weighted by Crippen LogP contribution is 2.39. The minimum Gasteiger partial charge on any atom is -0.310 e. The van der Waals surface area contributed by atoms with Crippen LogP contribution in [0.2, 0.25) is 0 Å². The number of rotatable bonds is 8. The second-order valence-electron chi connectivity index (χ2n) is 14.2. The van der Waals surface area contributed by atoms with E-state index in [1.165, 1.54) is 72.0 Å². The monoisotopic (exact) mass is 714 g/mol. The summed E-state index contributed by atoms with van der Waals surface area (Å²) >= 11 is 0. The summed E-state index contributed by atoms with van der Waals surface area (Å²) in [6.45, 7) is 0. The van der Waals surface area contributed by atoms with E-state index in [0.717, 1.165) is 17.1 Å². The van der Waals surface area contributed by atoms with Gasteiger partial charge in [-0.3, -0.25) is 0 Å². The summed E-state index contributed by atoms with van der Waals surface area (Å²) < 4.78 is 2.38. The number of hydrogen-bond acceptors (Lipinski definition) is 1. The number of nitrogens with zero attached hydrogens (tertiary/aromatic N) is 2. The fourth-order valence-electron chi connectivity index (χ4n) is 8.00. The second kappa shape index (κ2) is 14.4. The van der Waals surface area contributed by atoms with Gasteiger partial charge in [0.1, 0.15) is 0 Å². The SMILES string of the molecule is c1ccc(-c2ccc(N(c3ccc(-c4ccccc4)cc3)c3cccc(-c4ccc(-c5ccc6c7ccccc7n(-c7ccccc7)c6c5)cc4)c3)cc2)cc1. The van der Waals surface area contributed by atoms with Gasteiger partial charge < -0.3 is 9.47 Å². The molecule has 0 aliphatic carbocycles. The molecule has 0 aliphatic rings. The van der Waals surface area contributed by atoms with E-state index in [0.29, 0.717) is 0 Å². The number of benzene rings is 9. The zero-order valence-electron chi connectivity index (χ0n) is 30.8. The van der Waals surface area contributed by atoms with Crippen LogP contribution < -0.4 is 4.90 Å². The molecule has 2 nitrogen and oxygen atoms in total. The third kappa shape index (κ3) is 6.24. The predicted molar refractivity (Wildman–Crippen MR) is 237 cm³/mol. The van der Waals surface area contributed by atoms with Gasteiger partial charge in [-0.15, -0.1) is 0 Å². The average Bonchev–Trinajstić information content (AvgIpc) is 3.62. The minimum atomic E-state index is 1.10. The van der Waals surface area contributed by atoms with Gasteiger partial charge in [0.15, 0.2) is 0 Å². The van der Waals surface area contributed by atoms with Crippen molar-refractivity contribution < 1.29 is 0 Å². The molecule has 264 valence electrons. The first-order valence-corrected chi connectivity index (χ1v) is 19.2. The van der Waals surface area contributed by atoms with Crippen molar-refractivity contribution in [2.24, 2.45) is 0 Å². The summed E-state index contributed by atoms with van der Waals surface area (Å²) in [5, 5.41) is 2.53. The Kier molecular flexibility index (Phi) is 8.55. The van der Waals surface area contributed by atoms with Crippen molar-refractivity contribution in [2.75, 3.05) is 4.90 Å². The van der Waals surface area contributed by atoms with Crippen LogP contribution in [0.25, 0.3) is 72.0 Å². The van der Waals surface area contributed by atoms with E-state index in [9.17, 15) is 0 Å². The molecule has 0 atom stereocenters. The van der Waals surface area contributed by atoms with E-state index in [1.54, 1.807) is 0 Å². The Hall–Kier alpha value is -7.42. The molecule has 0 N–H and O–H groups in total. The van der Waals surface area contributed by atoms with Gasteiger partial charge in [0, 0.05) is 33.5 Å². The van der Waals surface area contributed by atoms with Gasteiger partial charge in [-0.2, -0.15) is 0 Å². The predicted octanol–water partition coefficient (Wildman–Crippen LogP) is 14.9. The normalized spacial score (nSPS) is 11.2. The lowest BCUT2D eigenvalue weighted by molar-refractivity contribution is 1.18. The summed E-state index contributed by atoms with van der Waals surface area (Å²) in [7, 11) is 0. The Morgan fingerprint density at radius 2 is 0.661 bits per heavy atom. The largest absolute Gasteiger partial charge is 0.310 e. The van der Waals surface area contributed by atoms with Crippen LogP contribution in [0.3, 0.4) is 0 Å². The number of fused-ring (bicyclic) bond motifs is 3. The molecule has 0 unspecified atom stereocenters. The van der Waals surface area contributed by atoms with E-state index in [-0.39, 0.29) is 0 Å². The lowest BCUT2D eigenvalue weighted by atomic mass is 9.98. The Balaban J connectivity index is 1.00. The van der Waals surface area contributed by atoms with Crippen molar-refractivity contribution in [3.05, 3.63) is 231 Å². The highest BCUT2D eigenvalue weighted by atomic mass is 15.1. The Morgan fingerprint density at radius 1 is 0.250 bits per heavy atom. The lowest BCUT2D eigenvalue weighted by Crippen LogP contribution is -2.10. The van der Waals surface area contributed by atoms with Crippen molar-refractivity contribution >= 4 is 38.9 Å². The van der Waals surface area contributed by atoms with Gasteiger partial charge in [-0.1, -0.05) is 170 Å². The highest BCUT2D eigenvalue weighted by Gasteiger charge is 2.16. The molecule has 9 aromatic carbocycles. The highest BCUT2D eigenvalue weighted by molar-refractivity contribution is 6.10. The molecule has 10 aromatic rings. The molecule has 0 aliphatic heterocycles. The van der Waals surface area contributed by atoms with Crippen molar-refractivity contribution in [1.29, 1.82) is 0 Å². The molecule has 2 heteroatoms. The maximum Gasteiger partial charge on any atom is 0.0547 e. The van der Waals surface area contributed by atoms with E-state index in [4.69, 9.17) is 0 Å². The number of para-hydroxylation sites is 2. The summed E-state index contributed by atoms with van der Waals surface area (Å²) in [5.41, 5.74) is 16.4. The molecule has 0 saturated heterocycles. The van der Waals surface area contributed by atoms with Crippen LogP contribution in [0, 0.1) is 0 Å². The molecular weight excluding hydrogens is 677 g/mol. The van der Waals surface area contributed by atoms with E-state index >= 15 is 0 Å². The van der Waals surface area contributed by atoms with E-state index < -0.39 is 0 Å². The van der Waals surface area contributed by atoms with Crippen LogP contribution in [-0.2, 0) is 0 Å². The summed E-state index contributed by atoms with van der Waals surface area (Å²) in [4.78, 5) is 2.35. The lowest BCUT2D eigenvalue weighted by Gasteiger charge is -2.26. The van der Waals surface area contributed by atoms with Crippen LogP contribution in [0.4, 0.5) is 17.1 Å². The molecule has 0 saturated carbocycles. The van der Waals surface area contributed by atoms with Crippen molar-refractivity contribution in [1.82, 2.24) is 4.57 Å². The molecule has 1 heterocycles. The molecule has 56 heavy (non-hydrogen) atoms. The molecule has 0 radical (unpaired) electrons. The molecule has 0 spiro atoms. The minimum absolute atomic E-state index is 1.10. The average molecular weight is 715 g/mol. The van der Waals surface area contributed by atoms with E-state index in [2.05, 4.69) is 240 Å². The molecule has 0 fully saturated rings. The fraction of sp³-hybridized carbons (Fsp3) is 0. The van der Waals surface area contributed by atoms with Gasteiger partial charge in [-0.05, 0) is 105 Å². The molecule has 0 amide bonds. The van der Waals surface area contributed by atoms with Gasteiger partial charge in [-0.25, -0.2) is 0 Å². The molecule has 0 bridgehead atoms. The maximum atomic E-state index is 2.38. The molecular formula is C54H38N2. The Bertz CT molecular complexity index is 2830. The molecule has 10 rings (SSSR count). The first-order chi connectivity index (χ1) is 27.8. The van der Waals surface area contributed by atoms with Gasteiger partial charge >= 0.3 is 0 Å². The first-order valence-electron chi connectivity index (χ1n) is 19.2. The number of anilines is 3. The van der Waals surface area contributed by atoms with Crippen LogP contribution in [-0.4, -0.2) is 4.57 Å². The first kappa shape index (κ1) is 33.2. The topological polar surface area (TPSA) is 8.17 Å². The number of hydrogen-bond donors (Lipinski definition) is 0. The van der Waals surface area contributed by atoms with E-state index in [1.807, 2.05) is 0 Å². The standard InChI is InChI=1S/C54H38N2/c1-4-13-39(14-5-1)41-27-32-48(33-28-41)55(49-34-29-42(30-35-49)40-15-6-2-7-16-40)50-20-12-17-45(37-50)43-23-25-44(26-24-43)46-31-36-52-51-21-10-11-22-53(51)56(54(52)38-46)47-18-8-3-9-19-47/h1-38H. The van der Waals surface area contributed by atoms with Crippen molar-refractivity contribution in [3.8, 4) is 50.2 Å². The van der Waals surface area contributed by atoms with Gasteiger partial charge in [0.2, 0.25) is 0 Å². The van der Waals surface area contributed by atoms with Crippen molar-refractivity contribution in [3.63, 3.8) is 0 Å². The van der Waals surface area contributed by atoms with Crippen LogP contribution >= 0.6 is 0 Å². The van der Waals surface area contributed by atoms with Gasteiger partial charge in [0.05, 0.1) is 11.0 Å². The quantitative estimate of drug-likeness (QED) is 0.152.